The van der Waals surface area contributed by atoms with Crippen LogP contribution in [0.5, 0.6) is 0 Å². The largest absolute Gasteiger partial charge is 0.396 e. The Balaban J connectivity index is 0.000000200. The zero-order chi connectivity index (χ0) is 26.1. The molecule has 0 atom stereocenters. The normalized spacial score (nSPS) is 14.1. The van der Waals surface area contributed by atoms with E-state index in [9.17, 15) is 9.18 Å². The van der Waals surface area contributed by atoms with Crippen LogP contribution in [0.2, 0.25) is 0 Å². The van der Waals surface area contributed by atoms with Gasteiger partial charge in [-0.3, -0.25) is 4.79 Å². The quantitative estimate of drug-likeness (QED) is 0.253. The molecule has 3 N–H and O–H groups in total. The Hall–Kier alpha value is -4.51. The van der Waals surface area contributed by atoms with E-state index in [-0.39, 0.29) is 17.1 Å². The van der Waals surface area contributed by atoms with Crippen LogP contribution >= 0.6 is 0 Å². The van der Waals surface area contributed by atoms with Gasteiger partial charge >= 0.3 is 0 Å². The van der Waals surface area contributed by atoms with Crippen molar-refractivity contribution in [3.05, 3.63) is 135 Å². The minimum Gasteiger partial charge on any atom is -0.396 e. The van der Waals surface area contributed by atoms with Gasteiger partial charge in [-0.2, -0.15) is 5.10 Å². The van der Waals surface area contributed by atoms with Gasteiger partial charge in [-0.05, 0) is 88.9 Å². The number of H-pyrrole nitrogens is 1. The molecule has 4 nitrogen and oxygen atoms in total. The van der Waals surface area contributed by atoms with E-state index < -0.39 is 0 Å². The third-order valence-electron chi connectivity index (χ3n) is 7.51. The molecule has 2 aliphatic rings. The molecule has 0 saturated heterocycles. The molecule has 4 aromatic carbocycles. The molecule has 5 heteroatoms. The van der Waals surface area contributed by atoms with Crippen LogP contribution in [0.3, 0.4) is 0 Å². The van der Waals surface area contributed by atoms with Crippen molar-refractivity contribution in [3.8, 4) is 0 Å². The SMILES string of the molecule is Nc1cc(Cc2cccc3ccc4c(c23)CCC2=C4C=CCC2)ccc1F.O=c1[nH]ncc2ccccc12. The lowest BCUT2D eigenvalue weighted by Crippen LogP contribution is -2.08. The van der Waals surface area contributed by atoms with Crippen molar-refractivity contribution in [3.63, 3.8) is 0 Å². The summed E-state index contributed by atoms with van der Waals surface area (Å²) in [5, 5.41) is 10.2. The Bertz CT molecular complexity index is 1790. The molecule has 0 unspecified atom stereocenters. The predicted molar refractivity (Wildman–Crippen MR) is 154 cm³/mol. The highest BCUT2D eigenvalue weighted by atomic mass is 19.1. The molecule has 0 fully saturated rings. The summed E-state index contributed by atoms with van der Waals surface area (Å²) in [6.07, 6.45) is 11.6. The van der Waals surface area contributed by atoms with Crippen molar-refractivity contribution in [2.24, 2.45) is 0 Å². The maximum Gasteiger partial charge on any atom is 0.272 e. The number of nitrogen functional groups attached to an aromatic ring is 1. The molecule has 2 aliphatic carbocycles. The van der Waals surface area contributed by atoms with Gasteiger partial charge in [0.15, 0.2) is 0 Å². The second-order valence-corrected chi connectivity index (χ2v) is 9.88. The number of fused-ring (bicyclic) bond motifs is 5. The van der Waals surface area contributed by atoms with Gasteiger partial charge in [-0.15, -0.1) is 0 Å². The lowest BCUT2D eigenvalue weighted by molar-refractivity contribution is 0.632. The van der Waals surface area contributed by atoms with Crippen LogP contribution in [-0.2, 0) is 12.8 Å². The van der Waals surface area contributed by atoms with Gasteiger partial charge < -0.3 is 5.73 Å². The van der Waals surface area contributed by atoms with E-state index in [1.807, 2.05) is 24.3 Å². The highest BCUT2D eigenvalue weighted by Gasteiger charge is 2.21. The monoisotopic (exact) mass is 501 g/mol. The van der Waals surface area contributed by atoms with E-state index in [2.05, 4.69) is 52.7 Å². The summed E-state index contributed by atoms with van der Waals surface area (Å²) in [7, 11) is 0. The van der Waals surface area contributed by atoms with Gasteiger partial charge in [0.25, 0.3) is 5.56 Å². The van der Waals surface area contributed by atoms with Crippen LogP contribution < -0.4 is 11.3 Å². The first-order valence-electron chi connectivity index (χ1n) is 13.0. The minimum atomic E-state index is -0.349. The molecule has 0 saturated carbocycles. The molecule has 1 heterocycles. The van der Waals surface area contributed by atoms with Crippen LogP contribution in [0.25, 0.3) is 27.1 Å². The van der Waals surface area contributed by atoms with Crippen molar-refractivity contribution in [2.75, 3.05) is 5.73 Å². The Morgan fingerprint density at radius 3 is 2.66 bits per heavy atom. The van der Waals surface area contributed by atoms with Crippen molar-refractivity contribution in [1.82, 2.24) is 10.2 Å². The summed E-state index contributed by atoms with van der Waals surface area (Å²) in [6, 6.07) is 23.4. The van der Waals surface area contributed by atoms with E-state index in [0.29, 0.717) is 5.39 Å². The lowest BCUT2D eigenvalue weighted by atomic mass is 9.78. The maximum atomic E-state index is 13.5. The minimum absolute atomic E-state index is 0.136. The number of nitrogens with one attached hydrogen (secondary N) is 1. The maximum absolute atomic E-state index is 13.5. The second-order valence-electron chi connectivity index (χ2n) is 9.88. The molecule has 0 radical (unpaired) electrons. The number of nitrogens with two attached hydrogens (primary N) is 1. The lowest BCUT2D eigenvalue weighted by Gasteiger charge is -2.26. The first-order chi connectivity index (χ1) is 18.6. The molecule has 7 rings (SSSR count). The van der Waals surface area contributed by atoms with E-state index in [0.717, 1.165) is 30.2 Å². The van der Waals surface area contributed by atoms with Crippen molar-refractivity contribution >= 4 is 32.8 Å². The van der Waals surface area contributed by atoms with E-state index in [1.54, 1.807) is 23.9 Å². The Kier molecular flexibility index (Phi) is 6.34. The number of benzene rings is 4. The molecular formula is C33H28FN3O. The summed E-state index contributed by atoms with van der Waals surface area (Å²) in [5.74, 6) is -0.349. The summed E-state index contributed by atoms with van der Waals surface area (Å²) < 4.78 is 13.5. The van der Waals surface area contributed by atoms with Crippen molar-refractivity contribution < 1.29 is 4.39 Å². The summed E-state index contributed by atoms with van der Waals surface area (Å²) in [4.78, 5) is 11.1. The van der Waals surface area contributed by atoms with Gasteiger partial charge in [0.05, 0.1) is 11.9 Å². The number of nitrogens with zero attached hydrogens (tertiary/aromatic N) is 1. The molecule has 38 heavy (non-hydrogen) atoms. The molecule has 0 amide bonds. The molecule has 0 bridgehead atoms. The molecular weight excluding hydrogens is 473 g/mol. The zero-order valence-corrected chi connectivity index (χ0v) is 21.0. The van der Waals surface area contributed by atoms with Crippen LogP contribution in [0.15, 0.2) is 102 Å². The summed E-state index contributed by atoms with van der Waals surface area (Å²) in [5.41, 5.74) is 14.1. The number of aromatic nitrogens is 2. The Morgan fingerprint density at radius 1 is 0.921 bits per heavy atom. The number of allylic oxidation sites excluding steroid dienone is 4. The fraction of sp³-hybridized carbons (Fsp3) is 0.152. The van der Waals surface area contributed by atoms with Crippen LogP contribution in [0.1, 0.15) is 41.5 Å². The second kappa shape index (κ2) is 10.1. The van der Waals surface area contributed by atoms with Crippen molar-refractivity contribution in [1.29, 1.82) is 0 Å². The summed E-state index contributed by atoms with van der Waals surface area (Å²) in [6.45, 7) is 0. The van der Waals surface area contributed by atoms with Crippen LogP contribution in [0.4, 0.5) is 10.1 Å². The number of rotatable bonds is 2. The third-order valence-corrected chi connectivity index (χ3v) is 7.51. The smallest absolute Gasteiger partial charge is 0.272 e. The van der Waals surface area contributed by atoms with Crippen LogP contribution in [0, 0.1) is 5.82 Å². The van der Waals surface area contributed by atoms with E-state index in [4.69, 9.17) is 5.73 Å². The molecule has 0 aliphatic heterocycles. The number of aromatic amines is 1. The highest BCUT2D eigenvalue weighted by molar-refractivity contribution is 5.96. The first kappa shape index (κ1) is 23.9. The Morgan fingerprint density at radius 2 is 1.79 bits per heavy atom. The van der Waals surface area contributed by atoms with Gasteiger partial charge in [-0.25, -0.2) is 9.49 Å². The van der Waals surface area contributed by atoms with Gasteiger partial charge in [-0.1, -0.05) is 72.3 Å². The fourth-order valence-electron chi connectivity index (χ4n) is 5.68. The van der Waals surface area contributed by atoms with E-state index in [1.165, 1.54) is 51.9 Å². The van der Waals surface area contributed by atoms with Gasteiger partial charge in [0, 0.05) is 10.8 Å². The van der Waals surface area contributed by atoms with Crippen LogP contribution in [-0.4, -0.2) is 10.2 Å². The summed E-state index contributed by atoms with van der Waals surface area (Å²) >= 11 is 0. The topological polar surface area (TPSA) is 71.8 Å². The van der Waals surface area contributed by atoms with Gasteiger partial charge in [0.1, 0.15) is 5.82 Å². The number of hydrogen-bond donors (Lipinski definition) is 2. The molecule has 5 aromatic rings. The van der Waals surface area contributed by atoms with Crippen molar-refractivity contribution in [2.45, 2.75) is 32.1 Å². The zero-order valence-electron chi connectivity index (χ0n) is 21.0. The predicted octanol–water partition coefficient (Wildman–Crippen LogP) is 7.12. The Labute approximate surface area is 220 Å². The molecule has 188 valence electrons. The highest BCUT2D eigenvalue weighted by Crippen LogP contribution is 2.41. The number of hydrogen-bond acceptors (Lipinski definition) is 3. The number of halogens is 1. The first-order valence-corrected chi connectivity index (χ1v) is 13.0. The average molecular weight is 502 g/mol. The molecule has 1 aromatic heterocycles. The number of aryl methyl sites for hydroxylation is 1. The average Bonchev–Trinajstić information content (AvgIpc) is 2.95. The van der Waals surface area contributed by atoms with E-state index >= 15 is 0 Å². The molecule has 0 spiro atoms. The van der Waals surface area contributed by atoms with Gasteiger partial charge in [0.2, 0.25) is 0 Å². The standard InChI is InChI=1S/C25H22FN.C8H6N2O/c26-23-13-8-16(15-24(23)27)14-19-6-3-5-18-10-11-21-20-7-2-1-4-17(20)9-12-22(21)25(18)19;11-8-7-4-2-1-3-6(7)5-9-10-8/h2-3,5-8,10-11,13,15H,1,4,9,12,14,27H2;1-5H,(H,10,11). The fourth-order valence-corrected chi connectivity index (χ4v) is 5.68. The number of anilines is 1. The third kappa shape index (κ3) is 4.52.